The predicted octanol–water partition coefficient (Wildman–Crippen LogP) is 4.60. The van der Waals surface area contributed by atoms with E-state index in [0.717, 1.165) is 25.5 Å². The van der Waals surface area contributed by atoms with Crippen molar-refractivity contribution in [3.8, 4) is 6.01 Å². The van der Waals surface area contributed by atoms with Gasteiger partial charge in [0.2, 0.25) is 17.7 Å². The molecule has 1 heterocycles. The molecule has 0 saturated heterocycles. The molecule has 2 fully saturated rings. The van der Waals surface area contributed by atoms with Gasteiger partial charge in [-0.05, 0) is 80.0 Å². The van der Waals surface area contributed by atoms with Gasteiger partial charge in [-0.1, -0.05) is 36.6 Å². The largest absolute Gasteiger partial charge is 0.467 e. The molecular weight excluding hydrogens is 723 g/mol. The summed E-state index contributed by atoms with van der Waals surface area (Å²) in [6, 6.07) is 11.2. The van der Waals surface area contributed by atoms with Crippen molar-refractivity contribution in [1.82, 2.24) is 25.6 Å². The van der Waals surface area contributed by atoms with E-state index >= 15 is 0 Å². The Balaban J connectivity index is 1.20. The minimum absolute atomic E-state index is 0.0273. The number of aliphatic hydroxyl groups is 1. The van der Waals surface area contributed by atoms with Crippen molar-refractivity contribution >= 4 is 52.8 Å². The number of Topliss-reactive ketones (excluding diaryl/α,β-unsaturated/α-hetero) is 1. The molecule has 2 unspecified atom stereocenters. The molecular formula is C35H39ClF3N7O7. The molecule has 0 aliphatic heterocycles. The van der Waals surface area contributed by atoms with Gasteiger partial charge >= 0.3 is 18.2 Å². The van der Waals surface area contributed by atoms with Gasteiger partial charge in [0, 0.05) is 29.2 Å². The summed E-state index contributed by atoms with van der Waals surface area (Å²) >= 11 is 6.02. The fourth-order valence-corrected chi connectivity index (χ4v) is 6.05. The fraction of sp³-hybridized carbons (Fsp3) is 0.457. The van der Waals surface area contributed by atoms with Gasteiger partial charge < -0.3 is 35.8 Å². The van der Waals surface area contributed by atoms with Crippen LogP contribution in [0.25, 0.3) is 0 Å². The summed E-state index contributed by atoms with van der Waals surface area (Å²) in [6.45, 7) is -1.73. The first-order valence-electron chi connectivity index (χ1n) is 17.0. The lowest BCUT2D eigenvalue weighted by Crippen LogP contribution is -2.44. The van der Waals surface area contributed by atoms with E-state index in [-0.39, 0.29) is 42.8 Å². The number of carbonyl (C=O) groups is 4. The van der Waals surface area contributed by atoms with E-state index in [1.54, 1.807) is 12.1 Å². The summed E-state index contributed by atoms with van der Waals surface area (Å²) < 4.78 is 48.5. The average Bonchev–Trinajstić information content (AvgIpc) is 3.91. The lowest BCUT2D eigenvalue weighted by molar-refractivity contribution is -0.154. The molecule has 3 atom stereocenters. The number of benzene rings is 2. The smallest absolute Gasteiger partial charge is 0.422 e. The molecule has 2 aromatic carbocycles. The summed E-state index contributed by atoms with van der Waals surface area (Å²) in [4.78, 5) is 62.6. The third-order valence-corrected chi connectivity index (χ3v) is 9.21. The minimum Gasteiger partial charge on any atom is -0.467 e. The highest BCUT2D eigenvalue weighted by molar-refractivity contribution is 6.36. The van der Waals surface area contributed by atoms with Gasteiger partial charge in [0.25, 0.3) is 11.8 Å². The maximum absolute atomic E-state index is 13.1. The minimum atomic E-state index is -4.63. The van der Waals surface area contributed by atoms with E-state index in [0.29, 0.717) is 36.4 Å². The number of hydrogen-bond donors (Lipinski definition) is 5. The molecule has 5 rings (SSSR count). The Hall–Kier alpha value is -5.03. The molecule has 0 radical (unpaired) electrons. The van der Waals surface area contributed by atoms with Crippen molar-refractivity contribution in [3.63, 3.8) is 0 Å². The normalized spacial score (nSPS) is 18.2. The molecule has 0 bridgehead atoms. The summed E-state index contributed by atoms with van der Waals surface area (Å²) in [5.41, 5.74) is 0.838. The van der Waals surface area contributed by atoms with Crippen molar-refractivity contribution in [2.45, 2.75) is 75.2 Å². The predicted molar refractivity (Wildman–Crippen MR) is 186 cm³/mol. The molecule has 18 heteroatoms. The second kappa shape index (κ2) is 17.2. The number of alkyl halides is 3. The monoisotopic (exact) mass is 761 g/mol. The zero-order valence-corrected chi connectivity index (χ0v) is 29.4. The molecule has 5 N–H and O–H groups in total. The first kappa shape index (κ1) is 39.2. The van der Waals surface area contributed by atoms with Gasteiger partial charge in [0.15, 0.2) is 6.61 Å². The van der Waals surface area contributed by atoms with Crippen LogP contribution in [0.1, 0.15) is 67.3 Å². The van der Waals surface area contributed by atoms with E-state index in [1.807, 2.05) is 12.1 Å². The van der Waals surface area contributed by atoms with Gasteiger partial charge in [-0.3, -0.25) is 14.4 Å². The number of methoxy groups -OCH3 is 1. The Morgan fingerprint density at radius 1 is 0.981 bits per heavy atom. The van der Waals surface area contributed by atoms with Crippen LogP contribution in [0.4, 0.5) is 30.8 Å². The van der Waals surface area contributed by atoms with Gasteiger partial charge in [-0.15, -0.1) is 0 Å². The number of amides is 2. The molecule has 0 spiro atoms. The van der Waals surface area contributed by atoms with Crippen molar-refractivity contribution in [2.24, 2.45) is 5.92 Å². The van der Waals surface area contributed by atoms with Crippen LogP contribution in [0.15, 0.2) is 48.5 Å². The summed E-state index contributed by atoms with van der Waals surface area (Å²) in [5, 5.41) is 21.7. The Morgan fingerprint density at radius 3 is 2.30 bits per heavy atom. The number of carbonyl (C=O) groups excluding carboxylic acids is 4. The Bertz CT molecular complexity index is 1780. The number of anilines is 3. The van der Waals surface area contributed by atoms with E-state index in [1.165, 1.54) is 24.3 Å². The third kappa shape index (κ3) is 11.2. The Labute approximate surface area is 307 Å². The van der Waals surface area contributed by atoms with Crippen LogP contribution in [-0.4, -0.2) is 82.2 Å². The average molecular weight is 762 g/mol. The number of hydrogen-bond acceptors (Lipinski definition) is 12. The van der Waals surface area contributed by atoms with Crippen LogP contribution in [0.3, 0.4) is 0 Å². The van der Waals surface area contributed by atoms with Crippen molar-refractivity contribution in [2.75, 3.05) is 30.9 Å². The zero-order chi connectivity index (χ0) is 38.2. The second-order valence-electron chi connectivity index (χ2n) is 12.9. The van der Waals surface area contributed by atoms with Crippen LogP contribution >= 0.6 is 11.6 Å². The summed E-state index contributed by atoms with van der Waals surface area (Å²) in [5.74, 6) is -3.35. The number of esters is 1. The van der Waals surface area contributed by atoms with Crippen LogP contribution in [0, 0.1) is 5.92 Å². The van der Waals surface area contributed by atoms with Crippen LogP contribution in [-0.2, 0) is 24.7 Å². The summed E-state index contributed by atoms with van der Waals surface area (Å²) in [6.07, 6.45) is -0.966. The number of nitrogens with one attached hydrogen (secondary N) is 4. The van der Waals surface area contributed by atoms with Crippen LogP contribution in [0.2, 0.25) is 5.02 Å². The molecule has 2 saturated carbocycles. The number of aromatic nitrogens is 3. The summed E-state index contributed by atoms with van der Waals surface area (Å²) in [7, 11) is 1.14. The number of nitrogens with zero attached hydrogens (tertiary/aromatic N) is 3. The van der Waals surface area contributed by atoms with Gasteiger partial charge in [0.1, 0.15) is 6.04 Å². The molecule has 2 aliphatic carbocycles. The van der Waals surface area contributed by atoms with Crippen molar-refractivity contribution < 1.29 is 46.9 Å². The molecule has 14 nitrogen and oxygen atoms in total. The number of ketones is 1. The topological polar surface area (TPSA) is 194 Å². The van der Waals surface area contributed by atoms with Gasteiger partial charge in [-0.2, -0.15) is 28.1 Å². The fourth-order valence-electron chi connectivity index (χ4n) is 5.93. The SMILES string of the molecule is COC(=O)[C@H](CCNC(=O)C(=O)CC1CCCCC1O)NC(=O)c1ccc(Nc2nc(NC3(c4ccc(Cl)cc4)CC3)nc(OCC(F)(F)F)n2)cc1. The first-order valence-corrected chi connectivity index (χ1v) is 17.4. The molecule has 1 aromatic heterocycles. The highest BCUT2D eigenvalue weighted by Crippen LogP contribution is 2.48. The Kier molecular flexibility index (Phi) is 12.7. The van der Waals surface area contributed by atoms with E-state index in [2.05, 4.69) is 36.2 Å². The maximum Gasteiger partial charge on any atom is 0.422 e. The number of halogens is 4. The van der Waals surface area contributed by atoms with E-state index in [9.17, 15) is 37.5 Å². The standard InChI is InChI=1S/C35H39ClF3N7O7/c1-52-30(51)25(14-17-40-29(50)27(48)18-21-4-2-3-5-26(21)47)42-28(49)20-6-12-24(13-7-20)41-31-43-32(45-33(44-31)53-19-35(37,38)39)46-34(15-16-34)22-8-10-23(36)11-9-22/h6-13,21,25-26,47H,2-5,14-19H2,1H3,(H,40,50)(H,42,49)(H2,41,43,44,45,46)/t21?,25-,26?/m0/s1. The number of rotatable bonds is 16. The van der Waals surface area contributed by atoms with E-state index in [4.69, 9.17) is 21.1 Å². The highest BCUT2D eigenvalue weighted by atomic mass is 35.5. The van der Waals surface area contributed by atoms with Crippen LogP contribution in [0.5, 0.6) is 6.01 Å². The number of aliphatic hydroxyl groups excluding tert-OH is 1. The van der Waals surface area contributed by atoms with E-state index < -0.39 is 60.0 Å². The third-order valence-electron chi connectivity index (χ3n) is 8.96. The number of ether oxygens (including phenoxy) is 2. The Morgan fingerprint density at radius 2 is 1.66 bits per heavy atom. The quantitative estimate of drug-likeness (QED) is 0.101. The first-order chi connectivity index (χ1) is 25.2. The molecule has 2 amide bonds. The highest BCUT2D eigenvalue weighted by Gasteiger charge is 2.45. The second-order valence-corrected chi connectivity index (χ2v) is 13.4. The molecule has 2 aliphatic rings. The maximum atomic E-state index is 13.1. The van der Waals surface area contributed by atoms with Gasteiger partial charge in [0.05, 0.1) is 18.8 Å². The van der Waals surface area contributed by atoms with Gasteiger partial charge in [-0.25, -0.2) is 4.79 Å². The zero-order valence-electron chi connectivity index (χ0n) is 28.7. The van der Waals surface area contributed by atoms with Crippen molar-refractivity contribution in [1.29, 1.82) is 0 Å². The molecule has 284 valence electrons. The lowest BCUT2D eigenvalue weighted by Gasteiger charge is -2.26. The van der Waals surface area contributed by atoms with Crippen molar-refractivity contribution in [3.05, 3.63) is 64.7 Å². The molecule has 53 heavy (non-hydrogen) atoms. The van der Waals surface area contributed by atoms with Crippen LogP contribution < -0.4 is 26.0 Å². The lowest BCUT2D eigenvalue weighted by atomic mass is 9.83. The molecule has 3 aromatic rings.